The van der Waals surface area contributed by atoms with Gasteiger partial charge in [-0.1, -0.05) is 12.2 Å². The summed E-state index contributed by atoms with van der Waals surface area (Å²) in [5.41, 5.74) is 5.71. The molecule has 0 aliphatic rings. The van der Waals surface area contributed by atoms with E-state index in [9.17, 15) is 13.2 Å². The van der Waals surface area contributed by atoms with E-state index in [1.807, 2.05) is 0 Å². The summed E-state index contributed by atoms with van der Waals surface area (Å²) in [5, 5.41) is 3.45. The van der Waals surface area contributed by atoms with Crippen LogP contribution < -0.4 is 5.73 Å². The van der Waals surface area contributed by atoms with Crippen LogP contribution in [0.2, 0.25) is 0 Å². The maximum atomic E-state index is 12.5. The van der Waals surface area contributed by atoms with E-state index in [-0.39, 0.29) is 10.8 Å². The van der Waals surface area contributed by atoms with E-state index in [1.165, 1.54) is 12.4 Å². The third kappa shape index (κ3) is 2.58. The van der Waals surface area contributed by atoms with Gasteiger partial charge in [0.25, 0.3) is 0 Å². The van der Waals surface area contributed by atoms with Gasteiger partial charge in [-0.3, -0.25) is 0 Å². The molecule has 0 aromatic carbocycles. The molecule has 2 aromatic heterocycles. The van der Waals surface area contributed by atoms with Gasteiger partial charge in [-0.15, -0.1) is 0 Å². The molecule has 2 rings (SSSR count). The van der Waals surface area contributed by atoms with Crippen molar-refractivity contribution in [3.8, 4) is 5.82 Å². The monoisotopic (exact) mass is 286 g/mol. The van der Waals surface area contributed by atoms with Gasteiger partial charge in [0, 0.05) is 12.4 Å². The van der Waals surface area contributed by atoms with Gasteiger partial charge in [0.1, 0.15) is 4.99 Å². The van der Waals surface area contributed by atoms with Gasteiger partial charge in [-0.05, 0) is 24.6 Å². The Balaban J connectivity index is 2.57. The van der Waals surface area contributed by atoms with Crippen molar-refractivity contribution in [1.29, 1.82) is 0 Å². The van der Waals surface area contributed by atoms with E-state index in [1.54, 1.807) is 13.0 Å². The number of hydrogen-bond donors (Lipinski definition) is 1. The fourth-order valence-electron chi connectivity index (χ4n) is 1.62. The Bertz CT molecular complexity index is 633. The number of aryl methyl sites for hydroxylation is 1. The molecule has 0 atom stereocenters. The lowest BCUT2D eigenvalue weighted by molar-refractivity contribution is -0.141. The third-order valence-corrected chi connectivity index (χ3v) is 2.69. The average molecular weight is 286 g/mol. The van der Waals surface area contributed by atoms with Crippen molar-refractivity contribution in [1.82, 2.24) is 14.8 Å². The first-order valence-corrected chi connectivity index (χ1v) is 5.60. The van der Waals surface area contributed by atoms with Crippen molar-refractivity contribution in [2.75, 3.05) is 0 Å². The molecule has 19 heavy (non-hydrogen) atoms. The van der Waals surface area contributed by atoms with Crippen LogP contribution in [0.1, 0.15) is 16.8 Å². The lowest BCUT2D eigenvalue weighted by atomic mass is 10.1. The number of hydrogen-bond acceptors (Lipinski definition) is 3. The van der Waals surface area contributed by atoms with Crippen molar-refractivity contribution >= 4 is 17.2 Å². The predicted molar refractivity (Wildman–Crippen MR) is 67.0 cm³/mol. The van der Waals surface area contributed by atoms with E-state index in [4.69, 9.17) is 18.0 Å². The maximum Gasteiger partial charge on any atom is 0.435 e. The fourth-order valence-corrected chi connectivity index (χ4v) is 1.87. The number of nitrogens with two attached hydrogens (primary N) is 1. The molecule has 0 fully saturated rings. The summed E-state index contributed by atoms with van der Waals surface area (Å²) >= 11 is 4.89. The second-order valence-corrected chi connectivity index (χ2v) is 4.27. The second kappa shape index (κ2) is 4.61. The zero-order valence-corrected chi connectivity index (χ0v) is 10.6. The molecule has 0 spiro atoms. The van der Waals surface area contributed by atoms with Crippen LogP contribution in [0.3, 0.4) is 0 Å². The number of alkyl halides is 3. The van der Waals surface area contributed by atoms with Crippen LogP contribution >= 0.6 is 12.2 Å². The molecule has 100 valence electrons. The fraction of sp³-hybridized carbons (Fsp3) is 0.182. The van der Waals surface area contributed by atoms with Crippen LogP contribution in [0.25, 0.3) is 5.82 Å². The first-order chi connectivity index (χ1) is 8.80. The molecule has 2 N–H and O–H groups in total. The predicted octanol–water partition coefficient (Wildman–Crippen LogP) is 2.23. The maximum absolute atomic E-state index is 12.5. The zero-order chi connectivity index (χ0) is 14.2. The summed E-state index contributed by atoms with van der Waals surface area (Å²) in [6.45, 7) is 1.74. The number of halogens is 3. The Morgan fingerprint density at radius 2 is 2.05 bits per heavy atom. The first kappa shape index (κ1) is 13.5. The number of aromatic nitrogens is 3. The van der Waals surface area contributed by atoms with Crippen molar-refractivity contribution in [2.45, 2.75) is 13.1 Å². The van der Waals surface area contributed by atoms with Gasteiger partial charge in [0.05, 0.1) is 5.56 Å². The highest BCUT2D eigenvalue weighted by atomic mass is 32.1. The van der Waals surface area contributed by atoms with Gasteiger partial charge >= 0.3 is 6.18 Å². The van der Waals surface area contributed by atoms with E-state index in [0.717, 1.165) is 16.3 Å². The molecule has 0 saturated carbocycles. The van der Waals surface area contributed by atoms with Gasteiger partial charge in [0.15, 0.2) is 11.5 Å². The molecule has 0 bridgehead atoms. The topological polar surface area (TPSA) is 56.7 Å². The van der Waals surface area contributed by atoms with Crippen LogP contribution in [-0.2, 0) is 6.18 Å². The molecular weight excluding hydrogens is 277 g/mol. The van der Waals surface area contributed by atoms with Crippen LogP contribution in [0.5, 0.6) is 0 Å². The summed E-state index contributed by atoms with van der Waals surface area (Å²) < 4.78 is 38.5. The highest BCUT2D eigenvalue weighted by molar-refractivity contribution is 7.80. The number of rotatable bonds is 2. The highest BCUT2D eigenvalue weighted by Crippen LogP contribution is 2.28. The summed E-state index contributed by atoms with van der Waals surface area (Å²) in [7, 11) is 0. The summed E-state index contributed by atoms with van der Waals surface area (Å²) in [5.74, 6) is 0.183. The first-order valence-electron chi connectivity index (χ1n) is 5.19. The highest BCUT2D eigenvalue weighted by Gasteiger charge is 2.34. The second-order valence-electron chi connectivity index (χ2n) is 3.83. The number of nitrogens with zero attached hydrogens (tertiary/aromatic N) is 3. The number of thiocarbonyl (C=S) groups is 1. The quantitative estimate of drug-likeness (QED) is 0.860. The normalized spacial score (nSPS) is 11.6. The smallest absolute Gasteiger partial charge is 0.389 e. The minimum absolute atomic E-state index is 0.0599. The molecule has 0 aliphatic heterocycles. The van der Waals surface area contributed by atoms with Gasteiger partial charge in [-0.2, -0.15) is 18.3 Å². The van der Waals surface area contributed by atoms with Crippen molar-refractivity contribution in [2.24, 2.45) is 5.73 Å². The van der Waals surface area contributed by atoms with E-state index >= 15 is 0 Å². The van der Waals surface area contributed by atoms with Crippen LogP contribution in [0.4, 0.5) is 13.2 Å². The molecule has 8 heteroatoms. The molecule has 0 saturated heterocycles. The minimum Gasteiger partial charge on any atom is -0.389 e. The standard InChI is InChI=1S/C11H9F3N4S/c1-6-2-4-16-10(8(6)9(15)19)18-5-3-7(17-18)11(12,13)14/h2-5H,1H3,(H2,15,19). The van der Waals surface area contributed by atoms with Crippen LogP contribution in [-0.4, -0.2) is 19.8 Å². The van der Waals surface area contributed by atoms with Crippen LogP contribution in [0, 0.1) is 6.92 Å². The Kier molecular flexibility index (Phi) is 3.27. The molecule has 0 amide bonds. The average Bonchev–Trinajstić information content (AvgIpc) is 2.76. The SMILES string of the molecule is Cc1ccnc(-n2ccc(C(F)(F)F)n2)c1C(N)=S. The largest absolute Gasteiger partial charge is 0.435 e. The Morgan fingerprint density at radius 1 is 1.37 bits per heavy atom. The summed E-state index contributed by atoms with van der Waals surface area (Å²) in [6.07, 6.45) is -1.87. The molecule has 0 aliphatic carbocycles. The third-order valence-electron chi connectivity index (χ3n) is 2.48. The van der Waals surface area contributed by atoms with Crippen molar-refractivity contribution in [3.63, 3.8) is 0 Å². The van der Waals surface area contributed by atoms with Crippen LogP contribution in [0.15, 0.2) is 24.5 Å². The van der Waals surface area contributed by atoms with Gasteiger partial charge in [-0.25, -0.2) is 9.67 Å². The molecule has 2 heterocycles. The summed E-state index contributed by atoms with van der Waals surface area (Å²) in [6, 6.07) is 2.54. The lowest BCUT2D eigenvalue weighted by Crippen LogP contribution is -2.17. The Hall–Kier alpha value is -1.96. The zero-order valence-electron chi connectivity index (χ0n) is 9.77. The molecule has 0 radical (unpaired) electrons. The Morgan fingerprint density at radius 3 is 2.58 bits per heavy atom. The Labute approximate surface area is 112 Å². The minimum atomic E-state index is -4.50. The summed E-state index contributed by atoms with van der Waals surface area (Å²) in [4.78, 5) is 4.05. The van der Waals surface area contributed by atoms with Gasteiger partial charge in [0.2, 0.25) is 0 Å². The molecule has 0 unspecified atom stereocenters. The van der Waals surface area contributed by atoms with Crippen molar-refractivity contribution < 1.29 is 13.2 Å². The molecule has 4 nitrogen and oxygen atoms in total. The van der Waals surface area contributed by atoms with E-state index in [2.05, 4.69) is 10.1 Å². The molecule has 2 aromatic rings. The number of pyridine rings is 1. The lowest BCUT2D eigenvalue weighted by Gasteiger charge is -2.10. The van der Waals surface area contributed by atoms with Crippen molar-refractivity contribution in [3.05, 3.63) is 41.3 Å². The van der Waals surface area contributed by atoms with E-state index in [0.29, 0.717) is 5.56 Å². The van der Waals surface area contributed by atoms with Gasteiger partial charge < -0.3 is 5.73 Å². The van der Waals surface area contributed by atoms with E-state index < -0.39 is 11.9 Å². The molecular formula is C11H9F3N4S.